The Bertz CT molecular complexity index is 401. The van der Waals surface area contributed by atoms with Gasteiger partial charge in [-0.1, -0.05) is 38.5 Å². The number of halogens is 3. The average Bonchev–Trinajstić information content (AvgIpc) is 2.21. The van der Waals surface area contributed by atoms with E-state index in [0.717, 1.165) is 16.7 Å². The van der Waals surface area contributed by atoms with Crippen LogP contribution in [0.4, 0.5) is 0 Å². The third-order valence-electron chi connectivity index (χ3n) is 2.44. The summed E-state index contributed by atoms with van der Waals surface area (Å²) in [6.07, 6.45) is 0. The number of aromatic hydroxyl groups is 1. The molecule has 6 heteroatoms. The predicted molar refractivity (Wildman–Crippen MR) is 79.8 cm³/mol. The summed E-state index contributed by atoms with van der Waals surface area (Å²) in [5, 5.41) is 10.1. The first-order chi connectivity index (χ1) is 8.59. The van der Waals surface area contributed by atoms with E-state index < -0.39 is 14.7 Å². The summed E-state index contributed by atoms with van der Waals surface area (Å²) in [7, 11) is 16.6. The molecule has 19 heavy (non-hydrogen) atoms. The van der Waals surface area contributed by atoms with Crippen molar-refractivity contribution in [3.8, 4) is 5.75 Å². The molecule has 1 aromatic carbocycles. The Balaban J connectivity index is 0.000000711. The van der Waals surface area contributed by atoms with Crippen molar-refractivity contribution in [2.24, 2.45) is 0 Å². The number of phenolic OH excluding ortho intramolecular Hbond substituents is 1. The van der Waals surface area contributed by atoms with E-state index >= 15 is 0 Å². The third kappa shape index (κ3) is 7.79. The number of benzene rings is 1. The molecule has 0 heterocycles. The Morgan fingerprint density at radius 2 is 1.68 bits per heavy atom. The van der Waals surface area contributed by atoms with Crippen molar-refractivity contribution in [1.29, 1.82) is 0 Å². The van der Waals surface area contributed by atoms with E-state index in [9.17, 15) is 5.11 Å². The van der Waals surface area contributed by atoms with Gasteiger partial charge < -0.3 is 9.84 Å². The summed E-state index contributed by atoms with van der Waals surface area (Å²) in [6, 6.07) is 4.00. The fourth-order valence-corrected chi connectivity index (χ4v) is 1.69. The van der Waals surface area contributed by atoms with Crippen molar-refractivity contribution >= 4 is 27.9 Å². The molecule has 2 nitrogen and oxygen atoms in total. The van der Waals surface area contributed by atoms with Crippen molar-refractivity contribution in [2.45, 2.75) is 39.7 Å². The van der Waals surface area contributed by atoms with Crippen molar-refractivity contribution in [3.05, 3.63) is 28.8 Å². The second kappa shape index (κ2) is 8.76. The predicted octanol–water partition coefficient (Wildman–Crippen LogP) is 5.21. The van der Waals surface area contributed by atoms with Crippen LogP contribution in [-0.2, 0) is 31.4 Å². The molecular weight excluding hydrogens is 342 g/mol. The van der Waals surface area contributed by atoms with Gasteiger partial charge in [-0.25, -0.2) is 0 Å². The number of methoxy groups -OCH3 is 1. The van der Waals surface area contributed by atoms with Gasteiger partial charge in [0.15, 0.2) is 0 Å². The number of ether oxygens (including phenoxy) is 1. The Morgan fingerprint density at radius 1 is 1.21 bits per heavy atom. The van der Waals surface area contributed by atoms with E-state index in [-0.39, 0.29) is 5.41 Å². The first-order valence-electron chi connectivity index (χ1n) is 5.75. The number of aryl methyl sites for hydroxylation is 1. The summed E-state index contributed by atoms with van der Waals surface area (Å²) < 4.78 is 5.07. The summed E-state index contributed by atoms with van der Waals surface area (Å²) in [5.74, 6) is 0.370. The molecule has 0 aromatic heterocycles. The molecule has 1 aromatic rings. The van der Waals surface area contributed by atoms with Crippen molar-refractivity contribution in [2.75, 3.05) is 7.11 Å². The van der Waals surface area contributed by atoms with Crippen molar-refractivity contribution in [3.63, 3.8) is 0 Å². The monoisotopic (exact) mass is 361 g/mol. The topological polar surface area (TPSA) is 29.5 Å². The Morgan fingerprint density at radius 3 is 2.05 bits per heavy atom. The van der Waals surface area contributed by atoms with Crippen LogP contribution < -0.4 is 0 Å². The minimum absolute atomic E-state index is 0.0431. The SMILES string of the molecule is COCc1cc(C)cc(C(C)(C)C)c1O.[Cl][Ti]([Cl])[Cl]. The van der Waals surface area contributed by atoms with Gasteiger partial charge in [-0.3, -0.25) is 0 Å². The molecule has 0 radical (unpaired) electrons. The van der Waals surface area contributed by atoms with Gasteiger partial charge in [0.2, 0.25) is 0 Å². The fourth-order valence-electron chi connectivity index (χ4n) is 1.69. The van der Waals surface area contributed by atoms with Crippen LogP contribution in [0.1, 0.15) is 37.5 Å². The molecular formula is C13H20Cl3O2Ti. The molecule has 0 fully saturated rings. The second-order valence-corrected chi connectivity index (χ2v) is 13.0. The zero-order valence-electron chi connectivity index (χ0n) is 11.9. The number of hydrogen-bond acceptors (Lipinski definition) is 2. The molecule has 0 bridgehead atoms. The van der Waals surface area contributed by atoms with Gasteiger partial charge in [-0.15, -0.1) is 0 Å². The quantitative estimate of drug-likeness (QED) is 0.732. The van der Waals surface area contributed by atoms with Crippen LogP contribution in [-0.4, -0.2) is 12.2 Å². The normalized spacial score (nSPS) is 10.7. The van der Waals surface area contributed by atoms with E-state index in [4.69, 9.17) is 32.7 Å². The van der Waals surface area contributed by atoms with Gasteiger partial charge in [0.25, 0.3) is 0 Å². The molecule has 0 spiro atoms. The van der Waals surface area contributed by atoms with Gasteiger partial charge in [0.05, 0.1) is 6.61 Å². The summed E-state index contributed by atoms with van der Waals surface area (Å²) in [4.78, 5) is 0. The molecule has 0 unspecified atom stereocenters. The Kier molecular flexibility index (Phi) is 9.02. The molecule has 0 saturated carbocycles. The summed E-state index contributed by atoms with van der Waals surface area (Å²) >= 11 is -1.92. The first-order valence-corrected chi connectivity index (χ1v) is 12.2. The zero-order chi connectivity index (χ0) is 15.2. The van der Waals surface area contributed by atoms with Crippen molar-refractivity contribution in [1.82, 2.24) is 0 Å². The van der Waals surface area contributed by atoms with E-state index in [0.29, 0.717) is 12.4 Å². The molecule has 0 atom stereocenters. The van der Waals surface area contributed by atoms with E-state index in [1.165, 1.54) is 0 Å². The standard InChI is InChI=1S/C13H20O2.3ClH.Ti/c1-9-6-10(8-15-5)12(14)11(7-9)13(2,3)4;;;;/h6-7,14H,8H2,1-5H3;3*1H;/q;;;;+3/p-3. The maximum absolute atomic E-state index is 10.1. The van der Waals surface area contributed by atoms with Gasteiger partial charge in [-0.2, -0.15) is 0 Å². The average molecular weight is 363 g/mol. The third-order valence-corrected chi connectivity index (χ3v) is 2.44. The van der Waals surface area contributed by atoms with Gasteiger partial charge in [0, 0.05) is 12.7 Å². The van der Waals surface area contributed by atoms with Gasteiger partial charge in [-0.05, 0) is 17.9 Å². The molecule has 0 aliphatic heterocycles. The van der Waals surface area contributed by atoms with Crippen LogP contribution in [0.5, 0.6) is 5.75 Å². The van der Waals surface area contributed by atoms with Crippen LogP contribution in [0.3, 0.4) is 0 Å². The van der Waals surface area contributed by atoms with Gasteiger partial charge in [0.1, 0.15) is 5.75 Å². The number of phenols is 1. The number of hydrogen-bond donors (Lipinski definition) is 1. The fraction of sp³-hybridized carbons (Fsp3) is 0.538. The molecule has 0 aliphatic rings. The molecule has 0 saturated heterocycles. The van der Waals surface area contributed by atoms with Crippen molar-refractivity contribution < 1.29 is 24.5 Å². The molecule has 1 N–H and O–H groups in total. The van der Waals surface area contributed by atoms with E-state index in [1.54, 1.807) is 7.11 Å². The summed E-state index contributed by atoms with van der Waals surface area (Å²) in [5.41, 5.74) is 2.96. The van der Waals surface area contributed by atoms with E-state index in [1.807, 2.05) is 19.1 Å². The molecule has 0 amide bonds. The van der Waals surface area contributed by atoms with Crippen LogP contribution in [0.15, 0.2) is 12.1 Å². The second-order valence-electron chi connectivity index (χ2n) is 5.22. The van der Waals surface area contributed by atoms with Crippen LogP contribution >= 0.6 is 27.9 Å². The Hall–Kier alpha value is 0.564. The maximum atomic E-state index is 10.1. The Labute approximate surface area is 133 Å². The molecule has 0 aliphatic carbocycles. The van der Waals surface area contributed by atoms with Crippen LogP contribution in [0, 0.1) is 6.92 Å². The number of rotatable bonds is 2. The molecule has 109 valence electrons. The van der Waals surface area contributed by atoms with Crippen LogP contribution in [0.25, 0.3) is 0 Å². The zero-order valence-corrected chi connectivity index (χ0v) is 15.7. The summed E-state index contributed by atoms with van der Waals surface area (Å²) in [6.45, 7) is 8.78. The first kappa shape index (κ1) is 19.6. The van der Waals surface area contributed by atoms with Gasteiger partial charge >= 0.3 is 42.6 Å². The molecule has 1 rings (SSSR count). The van der Waals surface area contributed by atoms with E-state index in [2.05, 4.69) is 20.8 Å². The van der Waals surface area contributed by atoms with Crippen LogP contribution in [0.2, 0.25) is 0 Å². The minimum atomic E-state index is -1.92.